The fourth-order valence-corrected chi connectivity index (χ4v) is 7.53. The van der Waals surface area contributed by atoms with E-state index in [2.05, 4.69) is 86.8 Å². The van der Waals surface area contributed by atoms with Crippen molar-refractivity contribution in [2.45, 2.75) is 213 Å². The van der Waals surface area contributed by atoms with Gasteiger partial charge in [0.05, 0.1) is 34.4 Å². The van der Waals surface area contributed by atoms with E-state index in [0.717, 1.165) is 77.0 Å². The fraction of sp³-hybridized carbons (Fsp3) is 0.759. The highest BCUT2D eigenvalue weighted by Gasteiger charge is 2.20. The first-order chi connectivity index (χ1) is 30.6. The molecule has 2 unspecified atom stereocenters. The third-order valence-electron chi connectivity index (χ3n) is 10.7. The van der Waals surface area contributed by atoms with Gasteiger partial charge in [-0.25, -0.2) is 0 Å². The van der Waals surface area contributed by atoms with Crippen LogP contribution in [0.5, 0.6) is 0 Å². The molecule has 0 aliphatic rings. The molecule has 0 radical (unpaired) electrons. The molecule has 0 aromatic rings. The van der Waals surface area contributed by atoms with E-state index in [1.807, 2.05) is 21.1 Å². The number of esters is 1. The van der Waals surface area contributed by atoms with E-state index >= 15 is 0 Å². The molecule has 0 saturated carbocycles. The lowest BCUT2D eigenvalue weighted by molar-refractivity contribution is -0.870. The number of nitrogens with zero attached hydrogens (tertiary/aromatic N) is 1. The average molecular weight is 904 g/mol. The lowest BCUT2D eigenvalue weighted by Crippen LogP contribution is -2.37. The Morgan fingerprint density at radius 1 is 0.508 bits per heavy atom. The maximum atomic E-state index is 12.8. The molecular formula is C54H98NO7P. The first-order valence-corrected chi connectivity index (χ1v) is 27.1. The first-order valence-electron chi connectivity index (χ1n) is 25.7. The summed E-state index contributed by atoms with van der Waals surface area (Å²) in [6, 6.07) is 0. The van der Waals surface area contributed by atoms with E-state index in [1.54, 1.807) is 0 Å². The number of allylic oxidation sites excluding steroid dienone is 12. The Morgan fingerprint density at radius 2 is 0.921 bits per heavy atom. The van der Waals surface area contributed by atoms with E-state index in [-0.39, 0.29) is 25.8 Å². The molecule has 0 saturated heterocycles. The third-order valence-corrected chi connectivity index (χ3v) is 11.7. The molecule has 0 aromatic carbocycles. The van der Waals surface area contributed by atoms with Crippen molar-refractivity contribution in [1.29, 1.82) is 0 Å². The van der Waals surface area contributed by atoms with Gasteiger partial charge in [0.15, 0.2) is 0 Å². The number of quaternary nitrogens is 1. The summed E-state index contributed by atoms with van der Waals surface area (Å²) >= 11 is 0. The second-order valence-corrected chi connectivity index (χ2v) is 19.6. The van der Waals surface area contributed by atoms with Gasteiger partial charge in [-0.3, -0.25) is 9.36 Å². The van der Waals surface area contributed by atoms with E-state index in [9.17, 15) is 14.3 Å². The monoisotopic (exact) mass is 904 g/mol. The number of phosphoric acid groups is 1. The molecule has 0 aliphatic carbocycles. The highest BCUT2D eigenvalue weighted by molar-refractivity contribution is 7.45. The van der Waals surface area contributed by atoms with Crippen molar-refractivity contribution >= 4 is 13.8 Å². The lowest BCUT2D eigenvalue weighted by atomic mass is 10.0. The number of carbonyl (C=O) groups is 1. The van der Waals surface area contributed by atoms with Gasteiger partial charge in [-0.1, -0.05) is 189 Å². The van der Waals surface area contributed by atoms with E-state index in [0.29, 0.717) is 24.1 Å². The molecule has 9 heteroatoms. The zero-order valence-corrected chi connectivity index (χ0v) is 42.4. The van der Waals surface area contributed by atoms with Crippen molar-refractivity contribution in [1.82, 2.24) is 0 Å². The molecule has 0 rings (SSSR count). The standard InChI is InChI=1S/C54H98NO7P/c1-6-8-10-12-14-16-18-20-22-24-25-26-27-28-29-30-31-32-33-35-37-39-41-43-45-47-54(56)62-53(52-61-63(57,58)60-50-48-55(3,4)5)51-59-49-46-44-42-40-38-36-34-23-21-19-17-15-13-11-9-7-2/h8,10,14-17,20-23,25-26,53H,6-7,9,11-13,18-19,24,27-52H2,1-5H3/b10-8-,16-14-,17-15-,22-20-,23-21-,26-25-. The Morgan fingerprint density at radius 3 is 1.38 bits per heavy atom. The van der Waals surface area contributed by atoms with Gasteiger partial charge in [0.2, 0.25) is 0 Å². The van der Waals surface area contributed by atoms with Gasteiger partial charge in [-0.15, -0.1) is 0 Å². The van der Waals surface area contributed by atoms with Crippen LogP contribution in [0.2, 0.25) is 0 Å². The molecule has 8 nitrogen and oxygen atoms in total. The van der Waals surface area contributed by atoms with Crippen molar-refractivity contribution in [2.24, 2.45) is 0 Å². The van der Waals surface area contributed by atoms with Crippen LogP contribution in [-0.4, -0.2) is 70.7 Å². The predicted molar refractivity (Wildman–Crippen MR) is 268 cm³/mol. The first kappa shape index (κ1) is 60.9. The quantitative estimate of drug-likeness (QED) is 0.0197. The molecule has 2 atom stereocenters. The van der Waals surface area contributed by atoms with Crippen molar-refractivity contribution in [3.05, 3.63) is 72.9 Å². The lowest BCUT2D eigenvalue weighted by Gasteiger charge is -2.28. The molecule has 366 valence electrons. The topological polar surface area (TPSA) is 94.1 Å². The molecule has 63 heavy (non-hydrogen) atoms. The normalized spacial score (nSPS) is 14.2. The number of carbonyl (C=O) groups excluding carboxylic acids is 1. The highest BCUT2D eigenvalue weighted by Crippen LogP contribution is 2.38. The van der Waals surface area contributed by atoms with Gasteiger partial charge in [0.25, 0.3) is 7.82 Å². The minimum atomic E-state index is -4.54. The number of likely N-dealkylation sites (N-methyl/N-ethyl adjacent to an activating group) is 1. The van der Waals surface area contributed by atoms with Crippen molar-refractivity contribution in [3.63, 3.8) is 0 Å². The average Bonchev–Trinajstić information content (AvgIpc) is 3.24. The molecule has 0 spiro atoms. The van der Waals surface area contributed by atoms with Crippen molar-refractivity contribution < 1.29 is 37.3 Å². The Hall–Kier alpha value is -2.06. The van der Waals surface area contributed by atoms with Gasteiger partial charge in [-0.05, 0) is 83.5 Å². The zero-order valence-electron chi connectivity index (χ0n) is 41.5. The summed E-state index contributed by atoms with van der Waals surface area (Å²) in [5.41, 5.74) is 0. The van der Waals surface area contributed by atoms with Crippen molar-refractivity contribution in [2.75, 3.05) is 54.1 Å². The van der Waals surface area contributed by atoms with E-state index < -0.39 is 13.9 Å². The van der Waals surface area contributed by atoms with Gasteiger partial charge >= 0.3 is 5.97 Å². The molecule has 0 N–H and O–H groups in total. The maximum Gasteiger partial charge on any atom is 0.306 e. The van der Waals surface area contributed by atoms with Crippen molar-refractivity contribution in [3.8, 4) is 0 Å². The van der Waals surface area contributed by atoms with Crippen LogP contribution in [0.25, 0.3) is 0 Å². The van der Waals surface area contributed by atoms with E-state index in [4.69, 9.17) is 18.5 Å². The minimum absolute atomic E-state index is 0.0208. The summed E-state index contributed by atoms with van der Waals surface area (Å²) in [5.74, 6) is -0.342. The third kappa shape index (κ3) is 50.8. The zero-order chi connectivity index (χ0) is 46.2. The molecule has 0 aliphatic heterocycles. The van der Waals surface area contributed by atoms with Gasteiger partial charge in [0.1, 0.15) is 19.3 Å². The van der Waals surface area contributed by atoms with Crippen LogP contribution in [0.15, 0.2) is 72.9 Å². The van der Waals surface area contributed by atoms with Crippen LogP contribution < -0.4 is 4.89 Å². The second-order valence-electron chi connectivity index (χ2n) is 18.1. The summed E-state index contributed by atoms with van der Waals surface area (Å²) in [7, 11) is 1.34. The number of hydrogen-bond acceptors (Lipinski definition) is 7. The van der Waals surface area contributed by atoms with Gasteiger partial charge in [0, 0.05) is 13.0 Å². The minimum Gasteiger partial charge on any atom is -0.756 e. The number of ether oxygens (including phenoxy) is 2. The summed E-state index contributed by atoms with van der Waals surface area (Å²) in [6.45, 7) is 5.25. The highest BCUT2D eigenvalue weighted by atomic mass is 31.2. The number of hydrogen-bond donors (Lipinski definition) is 0. The van der Waals surface area contributed by atoms with Crippen LogP contribution in [0.4, 0.5) is 0 Å². The molecule has 0 bridgehead atoms. The molecule has 0 aromatic heterocycles. The summed E-state index contributed by atoms with van der Waals surface area (Å²) in [6.07, 6.45) is 60.7. The summed E-state index contributed by atoms with van der Waals surface area (Å²) in [4.78, 5) is 25.2. The van der Waals surface area contributed by atoms with Crippen LogP contribution in [0.1, 0.15) is 206 Å². The SMILES string of the molecule is CC/C=C\C/C=C\C/C=C\C/C=C\CCCCCCCCCCCCCCC(=O)OC(COCCCCCCCC/C=C\C/C=C\CCCCC)COP(=O)([O-])OCC[N+](C)(C)C. The molecule has 0 amide bonds. The van der Waals surface area contributed by atoms with Crippen LogP contribution in [0, 0.1) is 0 Å². The van der Waals surface area contributed by atoms with E-state index in [1.165, 1.54) is 109 Å². The largest absolute Gasteiger partial charge is 0.756 e. The van der Waals surface area contributed by atoms with Gasteiger partial charge < -0.3 is 27.9 Å². The van der Waals surface area contributed by atoms with Crippen LogP contribution in [-0.2, 0) is 27.9 Å². The predicted octanol–water partition coefficient (Wildman–Crippen LogP) is 15.2. The Labute approximate surface area is 389 Å². The Kier molecular flexibility index (Phi) is 44.9. The number of phosphoric ester groups is 1. The van der Waals surface area contributed by atoms with Crippen LogP contribution >= 0.6 is 7.82 Å². The maximum absolute atomic E-state index is 12.8. The molecule has 0 fully saturated rings. The van der Waals surface area contributed by atoms with Crippen LogP contribution in [0.3, 0.4) is 0 Å². The molecule has 0 heterocycles. The smallest absolute Gasteiger partial charge is 0.306 e. The summed E-state index contributed by atoms with van der Waals surface area (Å²) in [5, 5.41) is 0. The molecular weight excluding hydrogens is 806 g/mol. The summed E-state index contributed by atoms with van der Waals surface area (Å²) < 4.78 is 34.7. The Bertz CT molecular complexity index is 1230. The second kappa shape index (κ2) is 46.5. The fourth-order valence-electron chi connectivity index (χ4n) is 6.80. The van der Waals surface area contributed by atoms with Gasteiger partial charge in [-0.2, -0.15) is 0 Å². The Balaban J connectivity index is 4.13. The number of rotatable bonds is 47. The number of unbranched alkanes of at least 4 members (excludes halogenated alkanes) is 21.